The first-order chi connectivity index (χ1) is 11.6. The lowest BCUT2D eigenvalue weighted by molar-refractivity contribution is -0.117. The molecule has 2 rings (SSSR count). The molecule has 0 aliphatic carbocycles. The van der Waals surface area contributed by atoms with E-state index in [-0.39, 0.29) is 12.5 Å². The number of likely N-dealkylation sites (N-methyl/N-ethyl adjacent to an activating group) is 1. The Kier molecular flexibility index (Phi) is 7.37. The van der Waals surface area contributed by atoms with Gasteiger partial charge in [0.05, 0.1) is 28.9 Å². The second-order valence-electron chi connectivity index (χ2n) is 5.40. The second kappa shape index (κ2) is 9.52. The van der Waals surface area contributed by atoms with Crippen molar-refractivity contribution in [2.45, 2.75) is 6.42 Å². The van der Waals surface area contributed by atoms with Crippen LogP contribution in [0.3, 0.4) is 0 Å². The average molecular weight is 367 g/mol. The summed E-state index contributed by atoms with van der Waals surface area (Å²) in [5, 5.41) is 3.54. The van der Waals surface area contributed by atoms with E-state index in [0.29, 0.717) is 22.3 Å². The zero-order chi connectivity index (χ0) is 17.4. The van der Waals surface area contributed by atoms with Crippen molar-refractivity contribution in [3.63, 3.8) is 0 Å². The fourth-order valence-corrected chi connectivity index (χ4v) is 2.50. The van der Waals surface area contributed by atoms with E-state index in [2.05, 4.69) is 5.32 Å². The number of para-hydroxylation sites is 1. The summed E-state index contributed by atoms with van der Waals surface area (Å²) in [5.74, 6) is 0.721. The fourth-order valence-electron chi connectivity index (χ4n) is 2.16. The Balaban J connectivity index is 1.69. The van der Waals surface area contributed by atoms with Crippen molar-refractivity contribution in [2.75, 3.05) is 32.1 Å². The number of hydrogen-bond donors (Lipinski definition) is 1. The molecule has 6 heteroatoms. The van der Waals surface area contributed by atoms with E-state index < -0.39 is 0 Å². The maximum atomic E-state index is 12.1. The summed E-state index contributed by atoms with van der Waals surface area (Å²) in [6.07, 6.45) is 0.830. The van der Waals surface area contributed by atoms with Gasteiger partial charge in [-0.05, 0) is 37.7 Å². The lowest BCUT2D eigenvalue weighted by atomic mass is 10.3. The molecule has 0 bridgehead atoms. The standard InChI is InChI=1S/C18H20Cl2N2O2/c1-22(11-6-12-24-14-7-3-2-4-8-14)13-17(23)21-16-10-5-9-15(19)18(16)20/h2-5,7-10H,6,11-13H2,1H3,(H,21,23). The van der Waals surface area contributed by atoms with Crippen LogP contribution in [0.5, 0.6) is 5.75 Å². The number of ether oxygens (including phenoxy) is 1. The van der Waals surface area contributed by atoms with Crippen LogP contribution in [0.25, 0.3) is 0 Å². The van der Waals surface area contributed by atoms with Gasteiger partial charge in [0.1, 0.15) is 5.75 Å². The first-order valence-electron chi connectivity index (χ1n) is 7.66. The Labute approximate surface area is 152 Å². The zero-order valence-electron chi connectivity index (χ0n) is 13.5. The Morgan fingerprint density at radius 3 is 2.62 bits per heavy atom. The minimum atomic E-state index is -0.134. The molecule has 1 amide bonds. The van der Waals surface area contributed by atoms with Gasteiger partial charge in [-0.2, -0.15) is 0 Å². The number of rotatable bonds is 8. The molecule has 0 unspecified atom stereocenters. The van der Waals surface area contributed by atoms with Crippen LogP contribution in [0.2, 0.25) is 10.0 Å². The van der Waals surface area contributed by atoms with Gasteiger partial charge in [-0.25, -0.2) is 0 Å². The first kappa shape index (κ1) is 18.6. The third-order valence-corrected chi connectivity index (χ3v) is 4.15. The normalized spacial score (nSPS) is 10.7. The van der Waals surface area contributed by atoms with E-state index in [1.54, 1.807) is 18.2 Å². The van der Waals surface area contributed by atoms with Gasteiger partial charge in [0, 0.05) is 6.54 Å². The minimum Gasteiger partial charge on any atom is -0.494 e. The third kappa shape index (κ3) is 6.04. The molecule has 2 aromatic rings. The fraction of sp³-hybridized carbons (Fsp3) is 0.278. The number of carbonyl (C=O) groups excluding carboxylic acids is 1. The molecule has 0 aliphatic rings. The summed E-state index contributed by atoms with van der Waals surface area (Å²) in [7, 11) is 1.89. The molecule has 0 aliphatic heterocycles. The van der Waals surface area contributed by atoms with Crippen LogP contribution in [-0.2, 0) is 4.79 Å². The van der Waals surface area contributed by atoms with E-state index in [0.717, 1.165) is 18.7 Å². The minimum absolute atomic E-state index is 0.134. The van der Waals surface area contributed by atoms with Gasteiger partial charge in [0.15, 0.2) is 0 Å². The molecule has 24 heavy (non-hydrogen) atoms. The van der Waals surface area contributed by atoms with E-state index in [1.165, 1.54) is 0 Å². The lowest BCUT2D eigenvalue weighted by Gasteiger charge is -2.17. The van der Waals surface area contributed by atoms with Crippen LogP contribution >= 0.6 is 23.2 Å². The number of benzene rings is 2. The van der Waals surface area contributed by atoms with Gasteiger partial charge in [-0.15, -0.1) is 0 Å². The van der Waals surface area contributed by atoms with Crippen molar-refractivity contribution >= 4 is 34.8 Å². The van der Waals surface area contributed by atoms with Crippen LogP contribution in [0.15, 0.2) is 48.5 Å². The highest BCUT2D eigenvalue weighted by molar-refractivity contribution is 6.43. The second-order valence-corrected chi connectivity index (χ2v) is 6.19. The summed E-state index contributed by atoms with van der Waals surface area (Å²) >= 11 is 12.0. The van der Waals surface area contributed by atoms with Crippen LogP contribution in [0, 0.1) is 0 Å². The van der Waals surface area contributed by atoms with Crippen molar-refractivity contribution in [1.82, 2.24) is 4.90 Å². The van der Waals surface area contributed by atoms with E-state index in [9.17, 15) is 4.79 Å². The number of nitrogens with one attached hydrogen (secondary N) is 1. The number of amides is 1. The van der Waals surface area contributed by atoms with Gasteiger partial charge < -0.3 is 10.1 Å². The number of halogens is 2. The number of hydrogen-bond acceptors (Lipinski definition) is 3. The first-order valence-corrected chi connectivity index (χ1v) is 8.42. The van der Waals surface area contributed by atoms with Crippen molar-refractivity contribution in [2.24, 2.45) is 0 Å². The third-order valence-electron chi connectivity index (χ3n) is 3.34. The Bertz CT molecular complexity index is 665. The van der Waals surface area contributed by atoms with Crippen molar-refractivity contribution < 1.29 is 9.53 Å². The van der Waals surface area contributed by atoms with Crippen LogP contribution < -0.4 is 10.1 Å². The summed E-state index contributed by atoms with van der Waals surface area (Å²) in [6.45, 7) is 1.63. The molecule has 0 aromatic heterocycles. The number of carbonyl (C=O) groups is 1. The van der Waals surface area contributed by atoms with Gasteiger partial charge in [-0.1, -0.05) is 47.5 Å². The number of anilines is 1. The largest absolute Gasteiger partial charge is 0.494 e. The molecule has 0 spiro atoms. The SMILES string of the molecule is CN(CCCOc1ccccc1)CC(=O)Nc1cccc(Cl)c1Cl. The lowest BCUT2D eigenvalue weighted by Crippen LogP contribution is -2.31. The van der Waals surface area contributed by atoms with Crippen molar-refractivity contribution in [3.8, 4) is 5.75 Å². The molecule has 0 fully saturated rings. The maximum Gasteiger partial charge on any atom is 0.238 e. The molecular formula is C18H20Cl2N2O2. The topological polar surface area (TPSA) is 41.6 Å². The van der Waals surface area contributed by atoms with Gasteiger partial charge in [-0.3, -0.25) is 9.69 Å². The molecule has 2 aromatic carbocycles. The van der Waals surface area contributed by atoms with Crippen LogP contribution in [0.4, 0.5) is 5.69 Å². The molecule has 0 heterocycles. The van der Waals surface area contributed by atoms with E-state index >= 15 is 0 Å². The predicted molar refractivity (Wildman–Crippen MR) is 99.1 cm³/mol. The average Bonchev–Trinajstić information content (AvgIpc) is 2.57. The molecule has 0 saturated carbocycles. The highest BCUT2D eigenvalue weighted by atomic mass is 35.5. The van der Waals surface area contributed by atoms with Crippen LogP contribution in [0.1, 0.15) is 6.42 Å². The molecule has 1 N–H and O–H groups in total. The molecule has 0 saturated heterocycles. The highest BCUT2D eigenvalue weighted by Crippen LogP contribution is 2.29. The van der Waals surface area contributed by atoms with Gasteiger partial charge in [0.25, 0.3) is 0 Å². The smallest absolute Gasteiger partial charge is 0.238 e. The maximum absolute atomic E-state index is 12.1. The summed E-state index contributed by atoms with van der Waals surface area (Å²) in [4.78, 5) is 14.0. The van der Waals surface area contributed by atoms with Gasteiger partial charge in [0.2, 0.25) is 5.91 Å². The monoisotopic (exact) mass is 366 g/mol. The molecular weight excluding hydrogens is 347 g/mol. The van der Waals surface area contributed by atoms with Crippen molar-refractivity contribution in [3.05, 3.63) is 58.6 Å². The Morgan fingerprint density at radius 1 is 1.12 bits per heavy atom. The van der Waals surface area contributed by atoms with Crippen molar-refractivity contribution in [1.29, 1.82) is 0 Å². The van der Waals surface area contributed by atoms with E-state index in [4.69, 9.17) is 27.9 Å². The van der Waals surface area contributed by atoms with Crippen LogP contribution in [-0.4, -0.2) is 37.6 Å². The van der Waals surface area contributed by atoms with Gasteiger partial charge >= 0.3 is 0 Å². The predicted octanol–water partition coefficient (Wildman–Crippen LogP) is 4.33. The molecule has 128 valence electrons. The summed E-state index contributed by atoms with van der Waals surface area (Å²) in [6, 6.07) is 14.8. The van der Waals surface area contributed by atoms with E-state index in [1.807, 2.05) is 42.3 Å². The Morgan fingerprint density at radius 2 is 1.88 bits per heavy atom. The molecule has 0 radical (unpaired) electrons. The Hall–Kier alpha value is -1.75. The highest BCUT2D eigenvalue weighted by Gasteiger charge is 2.10. The zero-order valence-corrected chi connectivity index (χ0v) is 15.0. The quantitative estimate of drug-likeness (QED) is 0.706. The summed E-state index contributed by atoms with van der Waals surface area (Å²) < 4.78 is 5.63. The molecule has 0 atom stereocenters. The summed E-state index contributed by atoms with van der Waals surface area (Å²) in [5.41, 5.74) is 0.523. The molecule has 4 nitrogen and oxygen atoms in total. The number of nitrogens with zero attached hydrogens (tertiary/aromatic N) is 1.